The van der Waals surface area contributed by atoms with Gasteiger partial charge in [0.2, 0.25) is 10.0 Å². The molecule has 0 fully saturated rings. The molecule has 0 aliphatic rings. The minimum atomic E-state index is -4.90. The molecule has 164 valence electrons. The number of benzene rings is 2. The number of anilines is 1. The van der Waals surface area contributed by atoms with Crippen LogP contribution in [-0.4, -0.2) is 19.5 Å². The number of carbonyl (C=O) groups is 1. The van der Waals surface area contributed by atoms with Crippen molar-refractivity contribution in [3.05, 3.63) is 63.7 Å². The average Bonchev–Trinajstić information content (AvgIpc) is 2.65. The molecule has 0 aromatic heterocycles. The maximum Gasteiger partial charge on any atom is 0.277 e. The zero-order chi connectivity index (χ0) is 23.0. The van der Waals surface area contributed by atoms with Crippen LogP contribution < -0.4 is 10.2 Å². The number of amides is 1. The normalized spacial score (nSPS) is 11.7. The van der Waals surface area contributed by atoms with Crippen molar-refractivity contribution in [2.75, 3.05) is 4.72 Å². The molecule has 30 heavy (non-hydrogen) atoms. The molecule has 0 aliphatic heterocycles. The van der Waals surface area contributed by atoms with E-state index >= 15 is 0 Å². The second kappa shape index (κ2) is 8.52. The molecule has 0 saturated heterocycles. The first-order chi connectivity index (χ1) is 13.8. The van der Waals surface area contributed by atoms with E-state index in [9.17, 15) is 39.6 Å². The summed E-state index contributed by atoms with van der Waals surface area (Å²) in [6, 6.07) is 0.582. The molecule has 0 atom stereocenters. The second-order valence-corrected chi connectivity index (χ2v) is 8.15. The summed E-state index contributed by atoms with van der Waals surface area (Å²) in [6.45, 7) is 2.50. The molecule has 2 rings (SSSR count). The van der Waals surface area contributed by atoms with Crippen LogP contribution in [0.25, 0.3) is 0 Å². The lowest BCUT2D eigenvalue weighted by Crippen LogP contribution is -2.22. The van der Waals surface area contributed by atoms with E-state index in [-0.39, 0.29) is 6.07 Å². The summed E-state index contributed by atoms with van der Waals surface area (Å²) in [6.07, 6.45) is 0. The molecule has 0 bridgehead atoms. The van der Waals surface area contributed by atoms with Crippen molar-refractivity contribution in [2.24, 2.45) is 0 Å². The lowest BCUT2D eigenvalue weighted by Gasteiger charge is -2.16. The number of nitrogens with one attached hydrogen (secondary N) is 2. The van der Waals surface area contributed by atoms with Crippen LogP contribution in [0, 0.1) is 34.9 Å². The highest BCUT2D eigenvalue weighted by Crippen LogP contribution is 2.33. The Labute approximate surface area is 166 Å². The van der Waals surface area contributed by atoms with Crippen LogP contribution in [0.3, 0.4) is 0 Å². The zero-order valence-corrected chi connectivity index (χ0v) is 16.1. The van der Waals surface area contributed by atoms with Crippen LogP contribution in [0.1, 0.15) is 41.3 Å². The van der Waals surface area contributed by atoms with Crippen molar-refractivity contribution in [1.82, 2.24) is 5.48 Å². The SMILES string of the molecule is CC(C)c1c(F)c(F)c(NS(=O)(=O)Cc2cc(F)c(C(=O)NO)cc2F)c(F)c1F. The van der Waals surface area contributed by atoms with Gasteiger partial charge in [-0.1, -0.05) is 13.8 Å². The summed E-state index contributed by atoms with van der Waals surface area (Å²) in [5, 5.41) is 8.45. The molecule has 0 heterocycles. The number of rotatable bonds is 6. The van der Waals surface area contributed by atoms with Crippen LogP contribution in [0.15, 0.2) is 12.1 Å². The van der Waals surface area contributed by atoms with E-state index in [1.807, 2.05) is 0 Å². The third kappa shape index (κ3) is 4.51. The molecular formula is C17H14F6N2O4S. The largest absolute Gasteiger partial charge is 0.288 e. The number of halogens is 6. The van der Waals surface area contributed by atoms with Gasteiger partial charge in [0.05, 0.1) is 11.3 Å². The van der Waals surface area contributed by atoms with E-state index in [4.69, 9.17) is 5.21 Å². The summed E-state index contributed by atoms with van der Waals surface area (Å²) < 4.78 is 110. The maximum atomic E-state index is 14.1. The van der Waals surface area contributed by atoms with E-state index in [0.29, 0.717) is 6.07 Å². The van der Waals surface area contributed by atoms with E-state index in [1.165, 1.54) is 18.6 Å². The van der Waals surface area contributed by atoms with Gasteiger partial charge in [-0.05, 0) is 18.1 Å². The molecule has 0 saturated carbocycles. The van der Waals surface area contributed by atoms with Crippen molar-refractivity contribution >= 4 is 21.6 Å². The molecule has 0 unspecified atom stereocenters. The fourth-order valence-corrected chi connectivity index (χ4v) is 3.77. The first kappa shape index (κ1) is 23.5. The number of carbonyl (C=O) groups excluding carboxylic acids is 1. The highest BCUT2D eigenvalue weighted by molar-refractivity contribution is 7.91. The van der Waals surface area contributed by atoms with Crippen molar-refractivity contribution in [3.63, 3.8) is 0 Å². The van der Waals surface area contributed by atoms with E-state index in [0.717, 1.165) is 5.48 Å². The smallest absolute Gasteiger partial charge is 0.277 e. The van der Waals surface area contributed by atoms with Crippen molar-refractivity contribution in [1.29, 1.82) is 0 Å². The monoisotopic (exact) mass is 456 g/mol. The first-order valence-electron chi connectivity index (χ1n) is 8.09. The molecule has 0 radical (unpaired) electrons. The lowest BCUT2D eigenvalue weighted by molar-refractivity contribution is 0.0701. The van der Waals surface area contributed by atoms with Gasteiger partial charge >= 0.3 is 0 Å². The van der Waals surface area contributed by atoms with Gasteiger partial charge in [-0.3, -0.25) is 14.7 Å². The molecule has 2 aromatic carbocycles. The number of hydrogen-bond acceptors (Lipinski definition) is 4. The van der Waals surface area contributed by atoms with Gasteiger partial charge in [0.1, 0.15) is 17.3 Å². The third-order valence-electron chi connectivity index (χ3n) is 3.96. The van der Waals surface area contributed by atoms with Crippen LogP contribution in [0.4, 0.5) is 32.0 Å². The van der Waals surface area contributed by atoms with Gasteiger partial charge in [0.15, 0.2) is 23.3 Å². The quantitative estimate of drug-likeness (QED) is 0.267. The number of sulfonamides is 1. The van der Waals surface area contributed by atoms with Crippen LogP contribution in [0.5, 0.6) is 0 Å². The Morgan fingerprint density at radius 3 is 1.97 bits per heavy atom. The van der Waals surface area contributed by atoms with Gasteiger partial charge in [-0.15, -0.1) is 0 Å². The van der Waals surface area contributed by atoms with Crippen LogP contribution in [0.2, 0.25) is 0 Å². The maximum absolute atomic E-state index is 14.1. The standard InChI is InChI=1S/C17H14F6N2O4S/c1-6(2)11-12(20)14(22)16(15(23)13(11)21)25-30(28,29)5-7-3-10(19)8(4-9(7)18)17(26)24-27/h3-4,6,25,27H,5H2,1-2H3,(H,24,26). The third-order valence-corrected chi connectivity index (χ3v) is 5.17. The second-order valence-electron chi connectivity index (χ2n) is 6.42. The van der Waals surface area contributed by atoms with Gasteiger partial charge in [0, 0.05) is 11.1 Å². The molecule has 0 spiro atoms. The Morgan fingerprint density at radius 2 is 1.50 bits per heavy atom. The van der Waals surface area contributed by atoms with Gasteiger partial charge in [0.25, 0.3) is 5.91 Å². The van der Waals surface area contributed by atoms with Crippen molar-refractivity contribution in [3.8, 4) is 0 Å². The van der Waals surface area contributed by atoms with Gasteiger partial charge < -0.3 is 0 Å². The van der Waals surface area contributed by atoms with E-state index in [2.05, 4.69) is 0 Å². The van der Waals surface area contributed by atoms with E-state index in [1.54, 1.807) is 0 Å². The van der Waals surface area contributed by atoms with Crippen molar-refractivity contribution < 1.29 is 44.8 Å². The lowest BCUT2D eigenvalue weighted by atomic mass is 10.0. The minimum Gasteiger partial charge on any atom is -0.288 e. The molecular weight excluding hydrogens is 442 g/mol. The van der Waals surface area contributed by atoms with Gasteiger partial charge in [-0.2, -0.15) is 0 Å². The number of hydrogen-bond donors (Lipinski definition) is 3. The highest BCUT2D eigenvalue weighted by atomic mass is 32.2. The van der Waals surface area contributed by atoms with Crippen molar-refractivity contribution in [2.45, 2.75) is 25.5 Å². The van der Waals surface area contributed by atoms with Gasteiger partial charge in [-0.25, -0.2) is 40.2 Å². The predicted octanol–water partition coefficient (Wildman–Crippen LogP) is 3.71. The number of hydroxylamine groups is 1. The minimum absolute atomic E-state index is 0.281. The van der Waals surface area contributed by atoms with E-state index < -0.39 is 84.9 Å². The Bertz CT molecular complexity index is 1090. The molecule has 13 heteroatoms. The molecule has 1 amide bonds. The zero-order valence-electron chi connectivity index (χ0n) is 15.3. The topological polar surface area (TPSA) is 95.5 Å². The Balaban J connectivity index is 2.44. The van der Waals surface area contributed by atoms with Crippen LogP contribution in [-0.2, 0) is 15.8 Å². The molecule has 6 nitrogen and oxygen atoms in total. The van der Waals surface area contributed by atoms with Crippen LogP contribution >= 0.6 is 0 Å². The molecule has 0 aliphatic carbocycles. The Kier molecular flexibility index (Phi) is 6.67. The molecule has 3 N–H and O–H groups in total. The summed E-state index contributed by atoms with van der Waals surface area (Å²) in [7, 11) is -4.90. The summed E-state index contributed by atoms with van der Waals surface area (Å²) in [4.78, 5) is 11.2. The fourth-order valence-electron chi connectivity index (χ4n) is 2.57. The summed E-state index contributed by atoms with van der Waals surface area (Å²) in [5.41, 5.74) is -3.35. The predicted molar refractivity (Wildman–Crippen MR) is 92.2 cm³/mol. The Hall–Kier alpha value is -2.80. The summed E-state index contributed by atoms with van der Waals surface area (Å²) >= 11 is 0. The highest BCUT2D eigenvalue weighted by Gasteiger charge is 2.29. The fraction of sp³-hybridized carbons (Fsp3) is 0.235. The first-order valence-corrected chi connectivity index (χ1v) is 9.74. The molecule has 2 aromatic rings. The average molecular weight is 456 g/mol. The summed E-state index contributed by atoms with van der Waals surface area (Å²) in [5.74, 6) is -14.2. The Morgan fingerprint density at radius 1 is 0.967 bits per heavy atom.